The first kappa shape index (κ1) is 16.1. The van der Waals surface area contributed by atoms with Gasteiger partial charge >= 0.3 is 12.9 Å². The highest BCUT2D eigenvalue weighted by atomic mass is 19.5. The number of methoxy groups -OCH3 is 1. The zero-order valence-electron chi connectivity index (χ0n) is 8.98. The number of benzene rings is 1. The Hall–Kier alpha value is -1.90. The van der Waals surface area contributed by atoms with E-state index in [9.17, 15) is 22.5 Å². The van der Waals surface area contributed by atoms with Gasteiger partial charge in [0.25, 0.3) is 0 Å². The fraction of sp³-hybridized carbons (Fsp3) is 0.143. The standard InChI is InChI=1S/C7H8N3O3.BF4/c1-13-7-4-5(10(11)12)2-3-6(7)9-8;2-1(3,4)5/h2-4,10-11H,1H3;/q+1;-1. The molecule has 0 saturated carbocycles. The van der Waals surface area contributed by atoms with Crippen molar-refractivity contribution in [1.82, 2.24) is 0 Å². The van der Waals surface area contributed by atoms with Gasteiger partial charge in [-0.05, 0) is 0 Å². The molecule has 11 heteroatoms. The minimum absolute atomic E-state index is 0.0873. The average molecular weight is 269 g/mol. The van der Waals surface area contributed by atoms with Crippen molar-refractivity contribution in [2.45, 2.75) is 0 Å². The summed E-state index contributed by atoms with van der Waals surface area (Å²) < 4.78 is 43.8. The van der Waals surface area contributed by atoms with Gasteiger partial charge in [0.05, 0.1) is 13.2 Å². The fourth-order valence-electron chi connectivity index (χ4n) is 0.893. The molecule has 1 unspecified atom stereocenters. The van der Waals surface area contributed by atoms with Gasteiger partial charge in [0.1, 0.15) is 0 Å². The molecular weight excluding hydrogens is 261 g/mol. The molecule has 0 heterocycles. The predicted octanol–water partition coefficient (Wildman–Crippen LogP) is 1.88. The molecule has 0 aliphatic heterocycles. The van der Waals surface area contributed by atoms with Crippen LogP contribution < -0.4 is 9.96 Å². The summed E-state index contributed by atoms with van der Waals surface area (Å²) >= 11 is 0. The summed E-state index contributed by atoms with van der Waals surface area (Å²) in [5.74, 6) is 0.224. The van der Waals surface area contributed by atoms with Gasteiger partial charge in [-0.3, -0.25) is 0 Å². The molecule has 1 aromatic carbocycles. The summed E-state index contributed by atoms with van der Waals surface area (Å²) in [6.45, 7) is 0. The second-order valence-electron chi connectivity index (χ2n) is 2.79. The zero-order valence-corrected chi connectivity index (χ0v) is 8.98. The average Bonchev–Trinajstić information content (AvgIpc) is 2.25. The van der Waals surface area contributed by atoms with Crippen LogP contribution in [0.5, 0.6) is 5.75 Å². The topological polar surface area (TPSA) is 85.1 Å². The molecular formula is C7H8BF4N3O3. The molecule has 6 nitrogen and oxygen atoms in total. The van der Waals surface area contributed by atoms with Crippen molar-refractivity contribution < 1.29 is 32.4 Å². The van der Waals surface area contributed by atoms with Crippen LogP contribution in [0.1, 0.15) is 0 Å². The first-order chi connectivity index (χ1) is 8.19. The van der Waals surface area contributed by atoms with Crippen LogP contribution in [0.2, 0.25) is 0 Å². The van der Waals surface area contributed by atoms with E-state index in [0.717, 1.165) is 0 Å². The zero-order chi connectivity index (χ0) is 14.3. The van der Waals surface area contributed by atoms with E-state index in [2.05, 4.69) is 4.98 Å². The summed E-state index contributed by atoms with van der Waals surface area (Å²) in [4.78, 5) is 2.92. The molecule has 0 aromatic heterocycles. The SMILES string of the molecule is COc1cc([NH+]([O-])O)ccc1[N+]#N.F[B-](F)(F)F. The molecule has 0 aliphatic rings. The molecule has 0 saturated heterocycles. The summed E-state index contributed by atoms with van der Waals surface area (Å²) in [6.07, 6.45) is 0. The van der Waals surface area contributed by atoms with E-state index in [-0.39, 0.29) is 17.1 Å². The molecule has 100 valence electrons. The van der Waals surface area contributed by atoms with Crippen LogP contribution >= 0.6 is 0 Å². The number of halogens is 4. The van der Waals surface area contributed by atoms with E-state index in [1.165, 1.54) is 25.3 Å². The number of nitrogens with zero attached hydrogens (tertiary/aromatic N) is 2. The first-order valence-electron chi connectivity index (χ1n) is 4.32. The third-order valence-corrected chi connectivity index (χ3v) is 1.53. The van der Waals surface area contributed by atoms with Crippen molar-refractivity contribution in [2.75, 3.05) is 7.11 Å². The van der Waals surface area contributed by atoms with E-state index in [0.29, 0.717) is 0 Å². The lowest BCUT2D eigenvalue weighted by atomic mass is 10.2. The van der Waals surface area contributed by atoms with Crippen LogP contribution in [0.3, 0.4) is 0 Å². The third-order valence-electron chi connectivity index (χ3n) is 1.53. The highest BCUT2D eigenvalue weighted by Crippen LogP contribution is 2.28. The second kappa shape index (κ2) is 6.75. The lowest BCUT2D eigenvalue weighted by molar-refractivity contribution is -0.991. The first-order valence-corrected chi connectivity index (χ1v) is 4.32. The molecule has 18 heavy (non-hydrogen) atoms. The van der Waals surface area contributed by atoms with Crippen LogP contribution in [0, 0.1) is 10.6 Å². The van der Waals surface area contributed by atoms with Crippen LogP contribution in [0.4, 0.5) is 28.6 Å². The molecule has 1 rings (SSSR count). The van der Waals surface area contributed by atoms with Crippen molar-refractivity contribution in [3.05, 3.63) is 28.4 Å². The van der Waals surface area contributed by atoms with Crippen LogP contribution in [0.25, 0.3) is 4.98 Å². The lowest BCUT2D eigenvalue weighted by Gasteiger charge is -2.10. The Morgan fingerprint density at radius 3 is 2.22 bits per heavy atom. The van der Waals surface area contributed by atoms with Crippen LogP contribution in [0.15, 0.2) is 18.2 Å². The van der Waals surface area contributed by atoms with Gasteiger partial charge < -0.3 is 27.2 Å². The largest absolute Gasteiger partial charge is 0.673 e. The minimum Gasteiger partial charge on any atom is -0.595 e. The molecule has 1 atom stereocenters. The van der Waals surface area contributed by atoms with E-state index >= 15 is 0 Å². The Bertz CT molecular complexity index is 429. The molecule has 0 radical (unpaired) electrons. The van der Waals surface area contributed by atoms with Gasteiger partial charge in [-0.15, -0.1) is 0 Å². The molecule has 0 aliphatic carbocycles. The van der Waals surface area contributed by atoms with E-state index in [1.807, 2.05) is 0 Å². The van der Waals surface area contributed by atoms with E-state index in [4.69, 9.17) is 15.3 Å². The summed E-state index contributed by atoms with van der Waals surface area (Å²) in [5, 5.41) is 26.6. The van der Waals surface area contributed by atoms with Gasteiger partial charge in [-0.25, -0.2) is 5.21 Å². The van der Waals surface area contributed by atoms with Crippen molar-refractivity contribution in [2.24, 2.45) is 0 Å². The Balaban J connectivity index is 0.000000494. The Labute approximate surface area is 98.6 Å². The maximum Gasteiger partial charge on any atom is 0.673 e. The predicted molar refractivity (Wildman–Crippen MR) is 53.7 cm³/mol. The maximum absolute atomic E-state index is 10.5. The number of diazo groups is 1. The molecule has 2 N–H and O–H groups in total. The number of hydrogen-bond donors (Lipinski definition) is 2. The Morgan fingerprint density at radius 2 is 1.89 bits per heavy atom. The molecule has 0 bridgehead atoms. The summed E-state index contributed by atoms with van der Waals surface area (Å²) in [7, 11) is -4.63. The summed E-state index contributed by atoms with van der Waals surface area (Å²) in [5.41, 5.74) is 0.289. The molecule has 0 spiro atoms. The number of ether oxygens (including phenoxy) is 1. The maximum atomic E-state index is 10.5. The van der Waals surface area contributed by atoms with Gasteiger partial charge in [0, 0.05) is 12.1 Å². The second-order valence-corrected chi connectivity index (χ2v) is 2.79. The van der Waals surface area contributed by atoms with Gasteiger partial charge in [-0.2, -0.15) is 5.23 Å². The number of rotatable bonds is 2. The minimum atomic E-state index is -6.00. The van der Waals surface area contributed by atoms with Crippen molar-refractivity contribution in [3.63, 3.8) is 0 Å². The normalized spacial score (nSPS) is 11.9. The fourth-order valence-corrected chi connectivity index (χ4v) is 0.893. The number of nitrogens with one attached hydrogen (secondary N) is 1. The van der Waals surface area contributed by atoms with Gasteiger partial charge in [-0.1, -0.05) is 0 Å². The van der Waals surface area contributed by atoms with Crippen molar-refractivity contribution in [3.8, 4) is 5.75 Å². The Morgan fingerprint density at radius 1 is 1.39 bits per heavy atom. The van der Waals surface area contributed by atoms with E-state index < -0.39 is 12.5 Å². The van der Waals surface area contributed by atoms with Crippen molar-refractivity contribution >= 4 is 18.6 Å². The monoisotopic (exact) mass is 269 g/mol. The van der Waals surface area contributed by atoms with E-state index in [1.54, 1.807) is 0 Å². The summed E-state index contributed by atoms with van der Waals surface area (Å²) in [6, 6.07) is 3.99. The van der Waals surface area contributed by atoms with Crippen LogP contribution in [-0.2, 0) is 0 Å². The number of quaternary nitrogens is 1. The Kier molecular flexibility index (Phi) is 6.04. The van der Waals surface area contributed by atoms with Gasteiger partial charge in [0.15, 0.2) is 10.7 Å². The molecule has 1 aromatic rings. The highest BCUT2D eigenvalue weighted by Gasteiger charge is 2.20. The van der Waals surface area contributed by atoms with Crippen LogP contribution in [-0.4, -0.2) is 19.6 Å². The number of hydrogen-bond acceptors (Lipinski definition) is 4. The molecule has 0 fully saturated rings. The smallest absolute Gasteiger partial charge is 0.595 e. The lowest BCUT2D eigenvalue weighted by Crippen LogP contribution is -2.99. The van der Waals surface area contributed by atoms with Crippen molar-refractivity contribution in [1.29, 1.82) is 5.39 Å². The molecule has 0 amide bonds. The highest BCUT2D eigenvalue weighted by molar-refractivity contribution is 6.50. The quantitative estimate of drug-likeness (QED) is 0.371. The third kappa shape index (κ3) is 6.64. The van der Waals surface area contributed by atoms with Gasteiger partial charge in [0.2, 0.25) is 11.1 Å².